The van der Waals surface area contributed by atoms with Crippen molar-refractivity contribution < 1.29 is 14.7 Å². The Labute approximate surface area is 124 Å². The summed E-state index contributed by atoms with van der Waals surface area (Å²) in [5.41, 5.74) is 0. The number of carbonyl (C=O) groups excluding carboxylic acids is 1. The van der Waals surface area contributed by atoms with E-state index in [1.165, 1.54) is 12.8 Å². The third-order valence-electron chi connectivity index (χ3n) is 3.35. The van der Waals surface area contributed by atoms with E-state index in [9.17, 15) is 9.59 Å². The fourth-order valence-electron chi connectivity index (χ4n) is 2.21. The summed E-state index contributed by atoms with van der Waals surface area (Å²) in [4.78, 5) is 25.0. The Morgan fingerprint density at radius 1 is 1.35 bits per heavy atom. The summed E-state index contributed by atoms with van der Waals surface area (Å²) in [5, 5.41) is 14.2. The van der Waals surface area contributed by atoms with Gasteiger partial charge in [-0.3, -0.25) is 0 Å². The highest BCUT2D eigenvalue weighted by molar-refractivity contribution is 7.98. The molecule has 0 aliphatic carbocycles. The van der Waals surface area contributed by atoms with Crippen LogP contribution in [0.25, 0.3) is 0 Å². The zero-order chi connectivity index (χ0) is 14.8. The predicted octanol–water partition coefficient (Wildman–Crippen LogP) is 0.978. The van der Waals surface area contributed by atoms with E-state index in [0.29, 0.717) is 18.7 Å². The molecular weight excluding hydrogens is 278 g/mol. The Kier molecular flexibility index (Phi) is 8.45. The van der Waals surface area contributed by atoms with Crippen LogP contribution in [0.1, 0.15) is 25.7 Å². The first kappa shape index (κ1) is 17.1. The fraction of sp³-hybridized carbons (Fsp3) is 0.846. The van der Waals surface area contributed by atoms with Crippen molar-refractivity contribution in [3.63, 3.8) is 0 Å². The standard InChI is InChI=1S/C13H25N3O3S/c1-20-10-5-11(12(17)18)15-13(19)14-6-4-9-16-7-2-3-8-16/h11H,2-10H2,1H3,(H,17,18)(H2,14,15,19). The number of likely N-dealkylation sites (tertiary alicyclic amines) is 1. The van der Waals surface area contributed by atoms with E-state index in [1.807, 2.05) is 6.26 Å². The average molecular weight is 303 g/mol. The van der Waals surface area contributed by atoms with Crippen molar-refractivity contribution in [3.8, 4) is 0 Å². The molecule has 3 N–H and O–H groups in total. The van der Waals surface area contributed by atoms with Crippen LogP contribution in [0.15, 0.2) is 0 Å². The summed E-state index contributed by atoms with van der Waals surface area (Å²) in [6.45, 7) is 3.89. The molecule has 1 rings (SSSR count). The van der Waals surface area contributed by atoms with Crippen LogP contribution in [0.5, 0.6) is 0 Å². The van der Waals surface area contributed by atoms with Crippen molar-refractivity contribution in [2.45, 2.75) is 31.7 Å². The van der Waals surface area contributed by atoms with Crippen molar-refractivity contribution in [3.05, 3.63) is 0 Å². The molecule has 1 unspecified atom stereocenters. The number of thioether (sulfide) groups is 1. The minimum Gasteiger partial charge on any atom is -0.480 e. The molecule has 0 spiro atoms. The summed E-state index contributed by atoms with van der Waals surface area (Å²) in [5.74, 6) is -0.266. The predicted molar refractivity (Wildman–Crippen MR) is 81.2 cm³/mol. The first-order valence-corrected chi connectivity index (χ1v) is 8.51. The first-order valence-electron chi connectivity index (χ1n) is 7.12. The number of urea groups is 1. The molecule has 116 valence electrons. The summed E-state index contributed by atoms with van der Waals surface area (Å²) in [7, 11) is 0. The topological polar surface area (TPSA) is 81.7 Å². The van der Waals surface area contributed by atoms with Gasteiger partial charge in [0.1, 0.15) is 6.04 Å². The van der Waals surface area contributed by atoms with Gasteiger partial charge in [-0.2, -0.15) is 11.8 Å². The maximum Gasteiger partial charge on any atom is 0.326 e. The minimum atomic E-state index is -0.980. The number of carboxylic acid groups (broad SMARTS) is 1. The second-order valence-electron chi connectivity index (χ2n) is 4.97. The smallest absolute Gasteiger partial charge is 0.326 e. The van der Waals surface area contributed by atoms with E-state index in [0.717, 1.165) is 26.1 Å². The lowest BCUT2D eigenvalue weighted by Crippen LogP contribution is -2.46. The maximum absolute atomic E-state index is 11.6. The molecule has 1 heterocycles. The Balaban J connectivity index is 2.12. The number of carboxylic acids is 1. The van der Waals surface area contributed by atoms with Crippen molar-refractivity contribution in [2.24, 2.45) is 0 Å². The van der Waals surface area contributed by atoms with E-state index < -0.39 is 12.0 Å². The number of nitrogens with one attached hydrogen (secondary N) is 2. The second-order valence-corrected chi connectivity index (χ2v) is 5.96. The van der Waals surface area contributed by atoms with Crippen molar-refractivity contribution >= 4 is 23.8 Å². The molecule has 1 atom stereocenters. The van der Waals surface area contributed by atoms with Gasteiger partial charge in [0.25, 0.3) is 0 Å². The van der Waals surface area contributed by atoms with Crippen molar-refractivity contribution in [1.82, 2.24) is 15.5 Å². The SMILES string of the molecule is CSCCC(NC(=O)NCCCN1CCCC1)C(=O)O. The van der Waals surface area contributed by atoms with E-state index >= 15 is 0 Å². The largest absolute Gasteiger partial charge is 0.480 e. The van der Waals surface area contributed by atoms with Gasteiger partial charge in [-0.1, -0.05) is 0 Å². The zero-order valence-electron chi connectivity index (χ0n) is 12.1. The van der Waals surface area contributed by atoms with Crippen LogP contribution in [0, 0.1) is 0 Å². The number of rotatable bonds is 9. The lowest BCUT2D eigenvalue weighted by Gasteiger charge is -2.16. The van der Waals surface area contributed by atoms with Gasteiger partial charge in [0.2, 0.25) is 0 Å². The Morgan fingerprint density at radius 2 is 2.05 bits per heavy atom. The Bertz CT molecular complexity index is 309. The molecule has 0 aromatic heterocycles. The normalized spacial score (nSPS) is 16.9. The first-order chi connectivity index (χ1) is 9.63. The summed E-state index contributed by atoms with van der Waals surface area (Å²) in [6, 6.07) is -1.19. The number of nitrogens with zero attached hydrogens (tertiary/aromatic N) is 1. The van der Waals surface area contributed by atoms with Gasteiger partial charge in [0, 0.05) is 6.54 Å². The number of carbonyl (C=O) groups is 2. The van der Waals surface area contributed by atoms with Gasteiger partial charge in [0.15, 0.2) is 0 Å². The molecule has 6 nitrogen and oxygen atoms in total. The van der Waals surface area contributed by atoms with Crippen LogP contribution in [0.3, 0.4) is 0 Å². The molecule has 20 heavy (non-hydrogen) atoms. The van der Waals surface area contributed by atoms with Gasteiger partial charge >= 0.3 is 12.0 Å². The highest BCUT2D eigenvalue weighted by Crippen LogP contribution is 2.06. The van der Waals surface area contributed by atoms with Crippen LogP contribution in [-0.2, 0) is 4.79 Å². The number of aliphatic carboxylic acids is 1. The van der Waals surface area contributed by atoms with Crippen molar-refractivity contribution in [1.29, 1.82) is 0 Å². The molecule has 1 fully saturated rings. The summed E-state index contributed by atoms with van der Waals surface area (Å²) < 4.78 is 0. The molecule has 7 heteroatoms. The van der Waals surface area contributed by atoms with Gasteiger partial charge in [0.05, 0.1) is 0 Å². The van der Waals surface area contributed by atoms with Gasteiger partial charge in [-0.05, 0) is 57.3 Å². The molecule has 1 aliphatic heterocycles. The van der Waals surface area contributed by atoms with Gasteiger partial charge in [-0.25, -0.2) is 9.59 Å². The molecule has 1 aliphatic rings. The summed E-state index contributed by atoms with van der Waals surface area (Å²) >= 11 is 1.57. The third kappa shape index (κ3) is 7.00. The number of hydrogen-bond donors (Lipinski definition) is 3. The lowest BCUT2D eigenvalue weighted by molar-refractivity contribution is -0.139. The average Bonchev–Trinajstić information content (AvgIpc) is 2.92. The van der Waals surface area contributed by atoms with Crippen molar-refractivity contribution in [2.75, 3.05) is 38.2 Å². The Hall–Kier alpha value is -0.950. The van der Waals surface area contributed by atoms with Crippen LogP contribution >= 0.6 is 11.8 Å². The van der Waals surface area contributed by atoms with Gasteiger partial charge < -0.3 is 20.6 Å². The van der Waals surface area contributed by atoms with Crippen LogP contribution in [0.2, 0.25) is 0 Å². The molecule has 0 saturated carbocycles. The fourth-order valence-corrected chi connectivity index (χ4v) is 2.68. The second kappa shape index (κ2) is 9.88. The van der Waals surface area contributed by atoms with E-state index in [1.54, 1.807) is 11.8 Å². The molecule has 0 aromatic carbocycles. The highest BCUT2D eigenvalue weighted by Gasteiger charge is 2.19. The molecular formula is C13H25N3O3S. The van der Waals surface area contributed by atoms with Crippen LogP contribution < -0.4 is 10.6 Å². The monoisotopic (exact) mass is 303 g/mol. The molecule has 0 aromatic rings. The maximum atomic E-state index is 11.6. The molecule has 0 radical (unpaired) electrons. The molecule has 2 amide bonds. The van der Waals surface area contributed by atoms with Crippen LogP contribution in [0.4, 0.5) is 4.79 Å². The van der Waals surface area contributed by atoms with E-state index in [2.05, 4.69) is 15.5 Å². The van der Waals surface area contributed by atoms with E-state index in [-0.39, 0.29) is 6.03 Å². The lowest BCUT2D eigenvalue weighted by atomic mass is 10.2. The quantitative estimate of drug-likeness (QED) is 0.553. The highest BCUT2D eigenvalue weighted by atomic mass is 32.2. The third-order valence-corrected chi connectivity index (χ3v) is 3.99. The number of hydrogen-bond acceptors (Lipinski definition) is 4. The van der Waals surface area contributed by atoms with Gasteiger partial charge in [-0.15, -0.1) is 0 Å². The molecule has 1 saturated heterocycles. The minimum absolute atomic E-state index is 0.389. The molecule has 0 bridgehead atoms. The summed E-state index contributed by atoms with van der Waals surface area (Å²) in [6.07, 6.45) is 5.79. The zero-order valence-corrected chi connectivity index (χ0v) is 12.9. The Morgan fingerprint density at radius 3 is 2.65 bits per heavy atom. The number of amides is 2. The van der Waals surface area contributed by atoms with E-state index in [4.69, 9.17) is 5.11 Å². The van der Waals surface area contributed by atoms with Crippen LogP contribution in [-0.4, -0.2) is 66.2 Å².